The van der Waals surface area contributed by atoms with Gasteiger partial charge in [-0.15, -0.1) is 0 Å². The van der Waals surface area contributed by atoms with Crippen molar-refractivity contribution in [3.05, 3.63) is 0 Å². The molecule has 0 amide bonds. The predicted octanol–water partition coefficient (Wildman–Crippen LogP) is 7.05. The summed E-state index contributed by atoms with van der Waals surface area (Å²) in [6, 6.07) is 0. The Balaban J connectivity index is 3.07. The molecule has 0 spiro atoms. The summed E-state index contributed by atoms with van der Waals surface area (Å²) in [4.78, 5) is 0. The molecular weight excluding hydrogens is 336 g/mol. The van der Waals surface area contributed by atoms with Crippen LogP contribution in [0, 0.1) is 0 Å². The van der Waals surface area contributed by atoms with Gasteiger partial charge >= 0.3 is 0 Å². The summed E-state index contributed by atoms with van der Waals surface area (Å²) in [7, 11) is 0. The van der Waals surface area contributed by atoms with Crippen LogP contribution in [-0.4, -0.2) is 37.1 Å². The first-order valence-corrected chi connectivity index (χ1v) is 12.0. The lowest BCUT2D eigenvalue weighted by molar-refractivity contribution is -0.0369. The summed E-state index contributed by atoms with van der Waals surface area (Å²) >= 11 is 0. The fourth-order valence-corrected chi connectivity index (χ4v) is 3.35. The van der Waals surface area contributed by atoms with Crippen molar-refractivity contribution in [2.24, 2.45) is 0 Å². The molecule has 2 unspecified atom stereocenters. The highest BCUT2D eigenvalue weighted by Crippen LogP contribution is 2.13. The molecule has 0 heterocycles. The van der Waals surface area contributed by atoms with Crippen LogP contribution in [-0.2, 0) is 9.47 Å². The number of ether oxygens (including phenoxy) is 2. The SMILES string of the molecule is CCCCCCCCCCCCCCCCCCOCC(C)OCC(C)O. The van der Waals surface area contributed by atoms with Crippen LogP contribution in [0.15, 0.2) is 0 Å². The van der Waals surface area contributed by atoms with E-state index in [4.69, 9.17) is 14.6 Å². The van der Waals surface area contributed by atoms with Gasteiger partial charge in [0.15, 0.2) is 0 Å². The third-order valence-electron chi connectivity index (χ3n) is 5.12. The monoisotopic (exact) mass is 386 g/mol. The van der Waals surface area contributed by atoms with Gasteiger partial charge in [0, 0.05) is 6.61 Å². The van der Waals surface area contributed by atoms with E-state index >= 15 is 0 Å². The summed E-state index contributed by atoms with van der Waals surface area (Å²) in [5.41, 5.74) is 0. The second-order valence-electron chi connectivity index (χ2n) is 8.37. The minimum absolute atomic E-state index is 0.0701. The van der Waals surface area contributed by atoms with Crippen molar-refractivity contribution < 1.29 is 14.6 Å². The molecule has 164 valence electrons. The molecule has 0 saturated heterocycles. The van der Waals surface area contributed by atoms with Gasteiger partial charge in [0.2, 0.25) is 0 Å². The van der Waals surface area contributed by atoms with Crippen LogP contribution in [0.2, 0.25) is 0 Å². The zero-order chi connectivity index (χ0) is 20.0. The van der Waals surface area contributed by atoms with Crippen LogP contribution in [0.25, 0.3) is 0 Å². The molecule has 3 heteroatoms. The maximum atomic E-state index is 9.16. The van der Waals surface area contributed by atoms with E-state index in [9.17, 15) is 0 Å². The molecule has 2 atom stereocenters. The van der Waals surface area contributed by atoms with Gasteiger partial charge in [0.05, 0.1) is 25.4 Å². The van der Waals surface area contributed by atoms with Crippen molar-refractivity contribution in [2.75, 3.05) is 19.8 Å². The number of hydrogen-bond donors (Lipinski definition) is 1. The minimum Gasteiger partial charge on any atom is -0.391 e. The number of rotatable bonds is 22. The van der Waals surface area contributed by atoms with Crippen molar-refractivity contribution in [1.29, 1.82) is 0 Å². The summed E-state index contributed by atoms with van der Waals surface area (Å²) in [6.45, 7) is 7.88. The van der Waals surface area contributed by atoms with Crippen LogP contribution in [0.4, 0.5) is 0 Å². The zero-order valence-corrected chi connectivity index (χ0v) is 18.9. The maximum Gasteiger partial charge on any atom is 0.0781 e. The van der Waals surface area contributed by atoms with E-state index < -0.39 is 6.10 Å². The predicted molar refractivity (Wildman–Crippen MR) is 117 cm³/mol. The zero-order valence-electron chi connectivity index (χ0n) is 18.9. The minimum atomic E-state index is -0.396. The summed E-state index contributed by atoms with van der Waals surface area (Å²) in [6.07, 6.45) is 22.0. The maximum absolute atomic E-state index is 9.16. The Morgan fingerprint density at radius 3 is 1.41 bits per heavy atom. The normalized spacial score (nSPS) is 13.8. The van der Waals surface area contributed by atoms with Gasteiger partial charge < -0.3 is 14.6 Å². The van der Waals surface area contributed by atoms with Gasteiger partial charge in [-0.25, -0.2) is 0 Å². The lowest BCUT2D eigenvalue weighted by atomic mass is 10.0. The Hall–Kier alpha value is -0.120. The quantitative estimate of drug-likeness (QED) is 0.203. The van der Waals surface area contributed by atoms with Crippen molar-refractivity contribution in [3.63, 3.8) is 0 Å². The molecule has 1 N–H and O–H groups in total. The highest BCUT2D eigenvalue weighted by Gasteiger charge is 2.04. The van der Waals surface area contributed by atoms with Crippen molar-refractivity contribution in [1.82, 2.24) is 0 Å². The summed E-state index contributed by atoms with van der Waals surface area (Å²) < 4.78 is 11.1. The molecule has 3 nitrogen and oxygen atoms in total. The van der Waals surface area contributed by atoms with E-state index in [0.717, 1.165) is 13.0 Å². The van der Waals surface area contributed by atoms with Crippen molar-refractivity contribution in [3.8, 4) is 0 Å². The summed E-state index contributed by atoms with van der Waals surface area (Å²) in [5.74, 6) is 0. The molecule has 0 rings (SSSR count). The highest BCUT2D eigenvalue weighted by atomic mass is 16.5. The van der Waals surface area contributed by atoms with Crippen LogP contribution >= 0.6 is 0 Å². The molecule has 0 aliphatic carbocycles. The number of aliphatic hydroxyl groups excluding tert-OH is 1. The third kappa shape index (κ3) is 23.8. The third-order valence-corrected chi connectivity index (χ3v) is 5.12. The average molecular weight is 387 g/mol. The number of aliphatic hydroxyl groups is 1. The molecule has 27 heavy (non-hydrogen) atoms. The largest absolute Gasteiger partial charge is 0.391 e. The molecule has 0 fully saturated rings. The van der Waals surface area contributed by atoms with Gasteiger partial charge in [-0.2, -0.15) is 0 Å². The molecule has 0 aliphatic heterocycles. The van der Waals surface area contributed by atoms with Gasteiger partial charge in [-0.3, -0.25) is 0 Å². The van der Waals surface area contributed by atoms with E-state index in [2.05, 4.69) is 6.92 Å². The molecular formula is C24H50O3. The van der Waals surface area contributed by atoms with Crippen LogP contribution in [0.3, 0.4) is 0 Å². The fourth-order valence-electron chi connectivity index (χ4n) is 3.35. The van der Waals surface area contributed by atoms with Gasteiger partial charge in [0.1, 0.15) is 0 Å². The molecule has 0 radical (unpaired) electrons. The first-order valence-electron chi connectivity index (χ1n) is 12.0. The molecule has 0 aliphatic rings. The summed E-state index contributed by atoms with van der Waals surface area (Å²) in [5, 5.41) is 9.16. The highest BCUT2D eigenvalue weighted by molar-refractivity contribution is 4.52. The number of unbranched alkanes of at least 4 members (excludes halogenated alkanes) is 15. The Morgan fingerprint density at radius 1 is 0.593 bits per heavy atom. The van der Waals surface area contributed by atoms with Crippen LogP contribution < -0.4 is 0 Å². The Morgan fingerprint density at radius 2 is 1.00 bits per heavy atom. The van der Waals surface area contributed by atoms with Crippen LogP contribution in [0.5, 0.6) is 0 Å². The first-order chi connectivity index (χ1) is 13.2. The second kappa shape index (κ2) is 22.2. The van der Waals surface area contributed by atoms with E-state index in [0.29, 0.717) is 13.2 Å². The van der Waals surface area contributed by atoms with Gasteiger partial charge in [0.25, 0.3) is 0 Å². The molecule has 0 aromatic rings. The van der Waals surface area contributed by atoms with Crippen LogP contribution in [0.1, 0.15) is 124 Å². The van der Waals surface area contributed by atoms with E-state index in [1.807, 2.05) is 6.92 Å². The van der Waals surface area contributed by atoms with Gasteiger partial charge in [-0.1, -0.05) is 103 Å². The molecule has 0 aromatic heterocycles. The lowest BCUT2D eigenvalue weighted by Gasteiger charge is -2.14. The molecule has 0 saturated carbocycles. The average Bonchev–Trinajstić information content (AvgIpc) is 2.65. The molecule has 0 bridgehead atoms. The van der Waals surface area contributed by atoms with E-state index in [1.165, 1.54) is 96.3 Å². The lowest BCUT2D eigenvalue weighted by Crippen LogP contribution is -2.21. The molecule has 0 aromatic carbocycles. The van der Waals surface area contributed by atoms with Gasteiger partial charge in [-0.05, 0) is 20.3 Å². The van der Waals surface area contributed by atoms with Crippen molar-refractivity contribution in [2.45, 2.75) is 136 Å². The smallest absolute Gasteiger partial charge is 0.0781 e. The topological polar surface area (TPSA) is 38.7 Å². The number of hydrogen-bond acceptors (Lipinski definition) is 3. The second-order valence-corrected chi connectivity index (χ2v) is 8.37. The fraction of sp³-hybridized carbons (Fsp3) is 1.00. The Labute approximate surface area is 170 Å². The van der Waals surface area contributed by atoms with E-state index in [1.54, 1.807) is 6.92 Å². The van der Waals surface area contributed by atoms with E-state index in [-0.39, 0.29) is 6.10 Å². The Kier molecular flexibility index (Phi) is 22.1. The Bertz CT molecular complexity index is 268. The van der Waals surface area contributed by atoms with Crippen molar-refractivity contribution >= 4 is 0 Å². The first kappa shape index (κ1) is 26.9. The standard InChI is InChI=1S/C24H50O3/c1-4-5-6-7-8-9-10-11-12-13-14-15-16-17-18-19-20-26-22-24(3)27-21-23(2)25/h23-25H,4-22H2,1-3H3.